The summed E-state index contributed by atoms with van der Waals surface area (Å²) in [5.74, 6) is -0.586. The first-order valence-electron chi connectivity index (χ1n) is 8.15. The highest BCUT2D eigenvalue weighted by atomic mass is 16.2. The first-order valence-corrected chi connectivity index (χ1v) is 8.15. The summed E-state index contributed by atoms with van der Waals surface area (Å²) in [7, 11) is 0. The minimum absolute atomic E-state index is 0.221. The molecule has 126 valence electrons. The van der Waals surface area contributed by atoms with Gasteiger partial charge in [-0.1, -0.05) is 31.5 Å². The van der Waals surface area contributed by atoms with Crippen LogP contribution >= 0.6 is 0 Å². The van der Waals surface area contributed by atoms with Crippen molar-refractivity contribution in [3.8, 4) is 0 Å². The number of nitrogens with one attached hydrogen (secondary N) is 2. The third-order valence-corrected chi connectivity index (χ3v) is 3.67. The molecule has 0 spiro atoms. The van der Waals surface area contributed by atoms with E-state index in [0.29, 0.717) is 6.54 Å². The van der Waals surface area contributed by atoms with Gasteiger partial charge in [0.2, 0.25) is 0 Å². The van der Waals surface area contributed by atoms with E-state index in [-0.39, 0.29) is 23.2 Å². The van der Waals surface area contributed by atoms with Gasteiger partial charge in [0.1, 0.15) is 11.4 Å². The lowest BCUT2D eigenvalue weighted by atomic mass is 10.1. The summed E-state index contributed by atoms with van der Waals surface area (Å²) in [4.78, 5) is 28.6. The summed E-state index contributed by atoms with van der Waals surface area (Å²) in [6, 6.07) is 10.7. The van der Waals surface area contributed by atoms with Crippen molar-refractivity contribution in [2.75, 3.05) is 11.9 Å². The van der Waals surface area contributed by atoms with E-state index in [1.807, 2.05) is 32.0 Å². The summed E-state index contributed by atoms with van der Waals surface area (Å²) in [5.41, 5.74) is 3.26. The number of amides is 2. The van der Waals surface area contributed by atoms with Gasteiger partial charge in [-0.15, -0.1) is 0 Å². The Morgan fingerprint density at radius 1 is 1.04 bits per heavy atom. The van der Waals surface area contributed by atoms with E-state index in [2.05, 4.69) is 22.5 Å². The van der Waals surface area contributed by atoms with Crippen LogP contribution in [0.15, 0.2) is 36.4 Å². The molecular weight excluding hydrogens is 302 g/mol. The van der Waals surface area contributed by atoms with Crippen LogP contribution in [0.4, 0.5) is 5.69 Å². The Kier molecular flexibility index (Phi) is 6.07. The normalized spacial score (nSPS) is 10.3. The fourth-order valence-electron chi connectivity index (χ4n) is 2.21. The number of carbonyl (C=O) groups excluding carboxylic acids is 2. The molecule has 0 aliphatic heterocycles. The molecule has 1 aromatic heterocycles. The Bertz CT molecular complexity index is 741. The number of hydrogen-bond donors (Lipinski definition) is 2. The molecule has 0 aliphatic rings. The molecule has 0 unspecified atom stereocenters. The summed E-state index contributed by atoms with van der Waals surface area (Å²) in [5, 5.41) is 5.65. The van der Waals surface area contributed by atoms with E-state index < -0.39 is 0 Å². The summed E-state index contributed by atoms with van der Waals surface area (Å²) in [6.45, 7) is 6.56. The van der Waals surface area contributed by atoms with Crippen molar-refractivity contribution in [2.45, 2.75) is 33.6 Å². The molecule has 0 saturated carbocycles. The number of unbranched alkanes of at least 4 members (excludes halogenated alkanes) is 1. The number of nitrogens with zero attached hydrogens (tertiary/aromatic N) is 1. The second-order valence-corrected chi connectivity index (χ2v) is 5.79. The van der Waals surface area contributed by atoms with E-state index in [9.17, 15) is 9.59 Å². The lowest BCUT2D eigenvalue weighted by Crippen LogP contribution is -2.26. The van der Waals surface area contributed by atoms with Crippen molar-refractivity contribution >= 4 is 17.5 Å². The topological polar surface area (TPSA) is 71.1 Å². The monoisotopic (exact) mass is 325 g/mol. The minimum atomic E-state index is -0.327. The van der Waals surface area contributed by atoms with E-state index >= 15 is 0 Å². The standard InChI is InChI=1S/C19H23N3O2/c1-4-5-11-20-18(23)15-7-6-8-16(21-15)19(24)22-17-12-13(2)9-10-14(17)3/h6-10,12H,4-5,11H2,1-3H3,(H,20,23)(H,22,24). The Morgan fingerprint density at radius 3 is 2.46 bits per heavy atom. The largest absolute Gasteiger partial charge is 0.351 e. The van der Waals surface area contributed by atoms with E-state index in [0.717, 1.165) is 29.7 Å². The zero-order valence-electron chi connectivity index (χ0n) is 14.3. The van der Waals surface area contributed by atoms with Crippen LogP contribution in [0.2, 0.25) is 0 Å². The quantitative estimate of drug-likeness (QED) is 0.799. The maximum Gasteiger partial charge on any atom is 0.274 e. The van der Waals surface area contributed by atoms with Gasteiger partial charge in [-0.05, 0) is 49.6 Å². The molecule has 1 aromatic carbocycles. The molecule has 0 bridgehead atoms. The first kappa shape index (κ1) is 17.7. The van der Waals surface area contributed by atoms with Crippen LogP contribution in [0.5, 0.6) is 0 Å². The van der Waals surface area contributed by atoms with Gasteiger partial charge in [-0.3, -0.25) is 9.59 Å². The number of anilines is 1. The number of pyridine rings is 1. The van der Waals surface area contributed by atoms with E-state index in [1.54, 1.807) is 18.2 Å². The zero-order valence-corrected chi connectivity index (χ0v) is 14.3. The maximum atomic E-state index is 12.4. The Morgan fingerprint density at radius 2 is 1.75 bits per heavy atom. The maximum absolute atomic E-state index is 12.4. The third-order valence-electron chi connectivity index (χ3n) is 3.67. The van der Waals surface area contributed by atoms with Crippen LogP contribution < -0.4 is 10.6 Å². The van der Waals surface area contributed by atoms with E-state index in [4.69, 9.17) is 0 Å². The van der Waals surface area contributed by atoms with Crippen LogP contribution in [0.1, 0.15) is 51.9 Å². The smallest absolute Gasteiger partial charge is 0.274 e. The van der Waals surface area contributed by atoms with Gasteiger partial charge in [0.15, 0.2) is 0 Å². The van der Waals surface area contributed by atoms with Gasteiger partial charge in [-0.2, -0.15) is 0 Å². The molecule has 2 aromatic rings. The molecule has 2 amide bonds. The van der Waals surface area contributed by atoms with Gasteiger partial charge >= 0.3 is 0 Å². The van der Waals surface area contributed by atoms with Crippen molar-refractivity contribution in [2.24, 2.45) is 0 Å². The summed E-state index contributed by atoms with van der Waals surface area (Å²) < 4.78 is 0. The molecule has 2 N–H and O–H groups in total. The molecule has 0 saturated heterocycles. The molecule has 5 heteroatoms. The fourth-order valence-corrected chi connectivity index (χ4v) is 2.21. The summed E-state index contributed by atoms with van der Waals surface area (Å²) in [6.07, 6.45) is 1.92. The molecule has 2 rings (SSSR count). The average molecular weight is 325 g/mol. The van der Waals surface area contributed by atoms with Crippen molar-refractivity contribution < 1.29 is 9.59 Å². The average Bonchev–Trinajstić information content (AvgIpc) is 2.58. The molecule has 0 radical (unpaired) electrons. The SMILES string of the molecule is CCCCNC(=O)c1cccc(C(=O)Nc2cc(C)ccc2C)n1. The highest BCUT2D eigenvalue weighted by Crippen LogP contribution is 2.17. The lowest BCUT2D eigenvalue weighted by molar-refractivity contribution is 0.0948. The number of carbonyl (C=O) groups is 2. The molecule has 1 heterocycles. The zero-order chi connectivity index (χ0) is 17.5. The van der Waals surface area contributed by atoms with Crippen molar-refractivity contribution in [3.05, 3.63) is 58.9 Å². The molecule has 0 aliphatic carbocycles. The Labute approximate surface area is 142 Å². The molecule has 0 atom stereocenters. The van der Waals surface area contributed by atoms with Crippen LogP contribution in [-0.4, -0.2) is 23.3 Å². The van der Waals surface area contributed by atoms with Crippen LogP contribution in [-0.2, 0) is 0 Å². The molecule has 5 nitrogen and oxygen atoms in total. The van der Waals surface area contributed by atoms with Crippen molar-refractivity contribution in [1.29, 1.82) is 0 Å². The Hall–Kier alpha value is -2.69. The molecule has 24 heavy (non-hydrogen) atoms. The van der Waals surface area contributed by atoms with Gasteiger partial charge in [0.05, 0.1) is 0 Å². The van der Waals surface area contributed by atoms with E-state index in [1.165, 1.54) is 0 Å². The van der Waals surface area contributed by atoms with Crippen LogP contribution in [0.3, 0.4) is 0 Å². The van der Waals surface area contributed by atoms with Crippen LogP contribution in [0, 0.1) is 13.8 Å². The predicted molar refractivity (Wildman–Crippen MR) is 95.3 cm³/mol. The molecular formula is C19H23N3O2. The second-order valence-electron chi connectivity index (χ2n) is 5.79. The highest BCUT2D eigenvalue weighted by Gasteiger charge is 2.13. The number of aromatic nitrogens is 1. The van der Waals surface area contributed by atoms with Crippen molar-refractivity contribution in [1.82, 2.24) is 10.3 Å². The highest BCUT2D eigenvalue weighted by molar-refractivity contribution is 6.04. The number of aryl methyl sites for hydroxylation is 2. The van der Waals surface area contributed by atoms with Crippen molar-refractivity contribution in [3.63, 3.8) is 0 Å². The summed E-state index contributed by atoms with van der Waals surface area (Å²) >= 11 is 0. The van der Waals surface area contributed by atoms with Gasteiger partial charge < -0.3 is 10.6 Å². The number of hydrogen-bond acceptors (Lipinski definition) is 3. The van der Waals surface area contributed by atoms with Gasteiger partial charge in [0, 0.05) is 12.2 Å². The van der Waals surface area contributed by atoms with Gasteiger partial charge in [0.25, 0.3) is 11.8 Å². The predicted octanol–water partition coefficient (Wildman–Crippen LogP) is 3.48. The fraction of sp³-hybridized carbons (Fsp3) is 0.316. The van der Waals surface area contributed by atoms with Crippen LogP contribution in [0.25, 0.3) is 0 Å². The Balaban J connectivity index is 2.11. The number of rotatable bonds is 6. The second kappa shape index (κ2) is 8.24. The minimum Gasteiger partial charge on any atom is -0.351 e. The van der Waals surface area contributed by atoms with Gasteiger partial charge in [-0.25, -0.2) is 4.98 Å². The number of benzene rings is 1. The first-order chi connectivity index (χ1) is 11.5. The lowest BCUT2D eigenvalue weighted by Gasteiger charge is -2.10. The third kappa shape index (κ3) is 4.65. The molecule has 0 fully saturated rings.